The number of amides is 1. The number of carboxylic acid groups (broad SMARTS) is 1. The molecule has 1 aliphatic carbocycles. The maximum absolute atomic E-state index is 12.0. The van der Waals surface area contributed by atoms with Gasteiger partial charge in [-0.3, -0.25) is 14.5 Å². The zero-order chi connectivity index (χ0) is 15.2. The second-order valence-electron chi connectivity index (χ2n) is 5.49. The Morgan fingerprint density at radius 2 is 1.95 bits per heavy atom. The Morgan fingerprint density at radius 1 is 1.23 bits per heavy atom. The number of halogens is 1. The third-order valence-electron chi connectivity index (χ3n) is 3.65. The van der Waals surface area contributed by atoms with Crippen molar-refractivity contribution >= 4 is 30.0 Å². The molecule has 1 amide bonds. The normalized spacial score (nSPS) is 12.6. The summed E-state index contributed by atoms with van der Waals surface area (Å²) in [7, 11) is 0. The van der Waals surface area contributed by atoms with Crippen LogP contribution in [0.3, 0.4) is 0 Å². The lowest BCUT2D eigenvalue weighted by Gasteiger charge is -2.18. The minimum atomic E-state index is -0.909. The predicted octanol–water partition coefficient (Wildman–Crippen LogP) is 2.33. The van der Waals surface area contributed by atoms with E-state index in [-0.39, 0.29) is 31.4 Å². The van der Waals surface area contributed by atoms with Crippen LogP contribution in [0.5, 0.6) is 0 Å². The molecular weight excluding hydrogens is 304 g/mol. The highest BCUT2D eigenvalue weighted by Gasteiger charge is 2.15. The van der Waals surface area contributed by atoms with E-state index in [9.17, 15) is 9.59 Å². The summed E-state index contributed by atoms with van der Waals surface area (Å²) in [5, 5.41) is 11.7. The number of benzene rings is 1. The lowest BCUT2D eigenvalue weighted by molar-refractivity contribution is -0.138. The van der Waals surface area contributed by atoms with Gasteiger partial charge in [0.1, 0.15) is 0 Å². The second-order valence-corrected chi connectivity index (χ2v) is 5.49. The molecule has 0 heterocycles. The van der Waals surface area contributed by atoms with Gasteiger partial charge in [0.15, 0.2) is 0 Å². The fourth-order valence-corrected chi connectivity index (χ4v) is 2.77. The first-order chi connectivity index (χ1) is 10.1. The van der Waals surface area contributed by atoms with E-state index in [0.717, 1.165) is 24.9 Å². The van der Waals surface area contributed by atoms with E-state index < -0.39 is 5.97 Å². The lowest BCUT2D eigenvalue weighted by atomic mass is 10.1. The van der Waals surface area contributed by atoms with Crippen LogP contribution in [-0.2, 0) is 22.4 Å². The van der Waals surface area contributed by atoms with E-state index >= 15 is 0 Å². The van der Waals surface area contributed by atoms with Gasteiger partial charge in [0.2, 0.25) is 5.91 Å². The number of hydrogen-bond donors (Lipinski definition) is 2. The number of hydrogen-bond acceptors (Lipinski definition) is 3. The number of nitrogens with zero attached hydrogens (tertiary/aromatic N) is 1. The fourth-order valence-electron chi connectivity index (χ4n) is 2.77. The second kappa shape index (κ2) is 8.76. The number of aliphatic carboxylic acids is 1. The summed E-state index contributed by atoms with van der Waals surface area (Å²) in [4.78, 5) is 24.5. The van der Waals surface area contributed by atoms with E-state index in [1.165, 1.54) is 17.5 Å². The minimum Gasteiger partial charge on any atom is -0.480 e. The van der Waals surface area contributed by atoms with E-state index in [0.29, 0.717) is 6.54 Å². The highest BCUT2D eigenvalue weighted by molar-refractivity contribution is 5.92. The number of carbonyl (C=O) groups excluding carboxylic acids is 1. The first kappa shape index (κ1) is 18.5. The molecule has 2 N–H and O–H groups in total. The first-order valence-corrected chi connectivity index (χ1v) is 7.44. The maximum atomic E-state index is 12.0. The monoisotopic (exact) mass is 326 g/mol. The highest BCUT2D eigenvalue weighted by atomic mass is 35.5. The quantitative estimate of drug-likeness (QED) is 0.807. The van der Waals surface area contributed by atoms with Crippen LogP contribution >= 0.6 is 12.4 Å². The Morgan fingerprint density at radius 3 is 2.64 bits per heavy atom. The molecule has 22 heavy (non-hydrogen) atoms. The Labute approximate surface area is 137 Å². The molecule has 0 saturated carbocycles. The van der Waals surface area contributed by atoms with E-state index in [2.05, 4.69) is 11.4 Å². The average molecular weight is 327 g/mol. The summed E-state index contributed by atoms with van der Waals surface area (Å²) in [5.74, 6) is -1.07. The molecule has 2 rings (SSSR count). The van der Waals surface area contributed by atoms with Gasteiger partial charge in [0, 0.05) is 5.69 Å². The smallest absolute Gasteiger partial charge is 0.317 e. The largest absolute Gasteiger partial charge is 0.480 e. The van der Waals surface area contributed by atoms with Crippen molar-refractivity contribution in [2.45, 2.75) is 32.6 Å². The van der Waals surface area contributed by atoms with E-state index in [1.54, 1.807) is 4.90 Å². The van der Waals surface area contributed by atoms with Gasteiger partial charge >= 0.3 is 5.97 Å². The zero-order valence-electron chi connectivity index (χ0n) is 12.8. The van der Waals surface area contributed by atoms with Gasteiger partial charge in [-0.25, -0.2) is 0 Å². The van der Waals surface area contributed by atoms with Crippen molar-refractivity contribution in [3.05, 3.63) is 29.3 Å². The van der Waals surface area contributed by atoms with Crippen LogP contribution in [-0.4, -0.2) is 41.5 Å². The van der Waals surface area contributed by atoms with Crippen molar-refractivity contribution in [1.29, 1.82) is 0 Å². The summed E-state index contributed by atoms with van der Waals surface area (Å²) in [6, 6.07) is 6.02. The third-order valence-corrected chi connectivity index (χ3v) is 3.65. The molecule has 0 unspecified atom stereocenters. The van der Waals surface area contributed by atoms with Crippen molar-refractivity contribution in [3.63, 3.8) is 0 Å². The number of rotatable bonds is 7. The predicted molar refractivity (Wildman–Crippen MR) is 88.7 cm³/mol. The Balaban J connectivity index is 0.00000242. The molecule has 1 aromatic carbocycles. The van der Waals surface area contributed by atoms with Gasteiger partial charge in [-0.15, -0.1) is 12.4 Å². The standard InChI is InChI=1S/C16H22N2O3.ClH/c1-2-8-18(11-16(20)21)10-15(19)17-14-7-6-12-4-3-5-13(12)9-14;/h6-7,9H,2-5,8,10-11H2,1H3,(H,17,19)(H,20,21);1H. The molecule has 0 atom stereocenters. The van der Waals surface area contributed by atoms with Crippen molar-refractivity contribution < 1.29 is 14.7 Å². The Kier molecular flexibility index (Phi) is 7.35. The van der Waals surface area contributed by atoms with Crippen molar-refractivity contribution in [1.82, 2.24) is 4.90 Å². The van der Waals surface area contributed by atoms with Crippen LogP contribution in [0, 0.1) is 0 Å². The van der Waals surface area contributed by atoms with Crippen molar-refractivity contribution in [3.8, 4) is 0 Å². The maximum Gasteiger partial charge on any atom is 0.317 e. The SMILES string of the molecule is CCCN(CC(=O)O)CC(=O)Nc1ccc2c(c1)CCC2.Cl. The van der Waals surface area contributed by atoms with Crippen LogP contribution in [0.15, 0.2) is 18.2 Å². The molecule has 1 aromatic rings. The van der Waals surface area contributed by atoms with Crippen LogP contribution < -0.4 is 5.32 Å². The van der Waals surface area contributed by atoms with E-state index in [4.69, 9.17) is 5.11 Å². The number of carbonyl (C=O) groups is 2. The number of nitrogens with one attached hydrogen (secondary N) is 1. The van der Waals surface area contributed by atoms with Crippen LogP contribution in [0.25, 0.3) is 0 Å². The minimum absolute atomic E-state index is 0. The van der Waals surface area contributed by atoms with Gasteiger partial charge in [-0.2, -0.15) is 0 Å². The molecule has 0 radical (unpaired) electrons. The average Bonchev–Trinajstić information content (AvgIpc) is 2.85. The van der Waals surface area contributed by atoms with Crippen LogP contribution in [0.4, 0.5) is 5.69 Å². The van der Waals surface area contributed by atoms with Crippen LogP contribution in [0.1, 0.15) is 30.9 Å². The number of anilines is 1. The highest BCUT2D eigenvalue weighted by Crippen LogP contribution is 2.24. The Bertz CT molecular complexity index is 534. The van der Waals surface area contributed by atoms with Gasteiger partial charge in [-0.05, 0) is 55.5 Å². The molecule has 0 bridgehead atoms. The molecule has 0 aliphatic heterocycles. The lowest BCUT2D eigenvalue weighted by Crippen LogP contribution is -2.37. The topological polar surface area (TPSA) is 69.6 Å². The fraction of sp³-hybridized carbons (Fsp3) is 0.500. The number of fused-ring (bicyclic) bond motifs is 1. The molecule has 0 fully saturated rings. The number of carboxylic acids is 1. The first-order valence-electron chi connectivity index (χ1n) is 7.44. The molecule has 0 saturated heterocycles. The van der Waals surface area contributed by atoms with E-state index in [1.807, 2.05) is 19.1 Å². The molecule has 1 aliphatic rings. The summed E-state index contributed by atoms with van der Waals surface area (Å²) in [5.41, 5.74) is 3.47. The summed E-state index contributed by atoms with van der Waals surface area (Å²) >= 11 is 0. The van der Waals surface area contributed by atoms with Gasteiger partial charge in [-0.1, -0.05) is 13.0 Å². The van der Waals surface area contributed by atoms with Gasteiger partial charge in [0.05, 0.1) is 13.1 Å². The van der Waals surface area contributed by atoms with Gasteiger partial charge in [0.25, 0.3) is 0 Å². The molecule has 6 heteroatoms. The van der Waals surface area contributed by atoms with Crippen molar-refractivity contribution in [2.24, 2.45) is 0 Å². The zero-order valence-corrected chi connectivity index (χ0v) is 13.6. The Hall–Kier alpha value is -1.59. The van der Waals surface area contributed by atoms with Gasteiger partial charge < -0.3 is 10.4 Å². The third kappa shape index (κ3) is 5.31. The molecule has 0 aromatic heterocycles. The molecular formula is C16H23ClN2O3. The van der Waals surface area contributed by atoms with Crippen LogP contribution in [0.2, 0.25) is 0 Å². The molecule has 122 valence electrons. The van der Waals surface area contributed by atoms with Crippen molar-refractivity contribution in [2.75, 3.05) is 25.0 Å². The number of aryl methyl sites for hydroxylation is 2. The summed E-state index contributed by atoms with van der Waals surface area (Å²) < 4.78 is 0. The molecule has 5 nitrogen and oxygen atoms in total. The summed E-state index contributed by atoms with van der Waals surface area (Å²) in [6.07, 6.45) is 4.18. The summed E-state index contributed by atoms with van der Waals surface area (Å²) in [6.45, 7) is 2.57. The molecule has 0 spiro atoms.